The minimum absolute atomic E-state index is 0.276. The largest absolute Gasteiger partial charge is 0.439 e. The molecule has 2 aromatic rings. The lowest BCUT2D eigenvalue weighted by molar-refractivity contribution is 0.502. The average Bonchev–Trinajstić information content (AvgIpc) is 2.82. The first-order valence-corrected chi connectivity index (χ1v) is 5.73. The predicted molar refractivity (Wildman–Crippen MR) is 62.4 cm³/mol. The van der Waals surface area contributed by atoms with E-state index < -0.39 is 0 Å². The number of aromatic nitrogens is 3. The first-order valence-electron chi connectivity index (χ1n) is 5.19. The van der Waals surface area contributed by atoms with Crippen LogP contribution in [0.3, 0.4) is 0 Å². The Bertz CT molecular complexity index is 487. The third-order valence-corrected chi connectivity index (χ3v) is 2.58. The summed E-state index contributed by atoms with van der Waals surface area (Å²) in [5.74, 6) is 1.69. The number of nitrogens with zero attached hydrogens (tertiary/aromatic N) is 3. The van der Waals surface area contributed by atoms with Gasteiger partial charge in [0.05, 0.1) is 5.88 Å². The highest BCUT2D eigenvalue weighted by Gasteiger charge is 2.17. The molecule has 0 aliphatic carbocycles. The van der Waals surface area contributed by atoms with E-state index in [4.69, 9.17) is 16.0 Å². The van der Waals surface area contributed by atoms with Gasteiger partial charge >= 0.3 is 0 Å². The standard InChI is InChI=1S/C11H14ClN3O/c1-7(2)15-10(4-5-13-15)11-9(6-12)14-8(3)16-11/h4-5,7H,6H2,1-3H3. The minimum atomic E-state index is 0.276. The number of aryl methyl sites for hydroxylation is 1. The van der Waals surface area contributed by atoms with Crippen LogP contribution in [-0.2, 0) is 5.88 Å². The van der Waals surface area contributed by atoms with Crippen molar-refractivity contribution in [1.29, 1.82) is 0 Å². The second kappa shape index (κ2) is 4.29. The molecule has 0 N–H and O–H groups in total. The number of hydrogen-bond acceptors (Lipinski definition) is 3. The normalized spacial score (nSPS) is 11.3. The lowest BCUT2D eigenvalue weighted by atomic mass is 10.2. The molecular weight excluding hydrogens is 226 g/mol. The number of halogens is 1. The Hall–Kier alpha value is -1.29. The number of rotatable bonds is 3. The molecule has 0 fully saturated rings. The first-order chi connectivity index (χ1) is 7.63. The van der Waals surface area contributed by atoms with Crippen molar-refractivity contribution in [3.8, 4) is 11.5 Å². The summed E-state index contributed by atoms with van der Waals surface area (Å²) in [7, 11) is 0. The van der Waals surface area contributed by atoms with E-state index >= 15 is 0 Å². The van der Waals surface area contributed by atoms with E-state index in [0.29, 0.717) is 11.8 Å². The summed E-state index contributed by atoms with van der Waals surface area (Å²) in [4.78, 5) is 4.25. The molecule has 0 aromatic carbocycles. The first kappa shape index (κ1) is 11.2. The van der Waals surface area contributed by atoms with Gasteiger partial charge in [-0.2, -0.15) is 5.10 Å². The molecular formula is C11H14ClN3O. The van der Waals surface area contributed by atoms with E-state index in [9.17, 15) is 0 Å². The molecule has 5 heteroatoms. The fourth-order valence-electron chi connectivity index (χ4n) is 1.67. The number of alkyl halides is 1. The van der Waals surface area contributed by atoms with E-state index in [1.165, 1.54) is 0 Å². The lowest BCUT2D eigenvalue weighted by Crippen LogP contribution is -2.04. The summed E-state index contributed by atoms with van der Waals surface area (Å²) >= 11 is 5.84. The van der Waals surface area contributed by atoms with Gasteiger partial charge in [-0.25, -0.2) is 4.98 Å². The van der Waals surface area contributed by atoms with Crippen molar-refractivity contribution < 1.29 is 4.42 Å². The summed E-state index contributed by atoms with van der Waals surface area (Å²) in [5.41, 5.74) is 1.69. The Labute approximate surface area is 99.2 Å². The van der Waals surface area contributed by atoms with Crippen LogP contribution in [0.1, 0.15) is 31.5 Å². The van der Waals surface area contributed by atoms with Gasteiger partial charge in [0.25, 0.3) is 0 Å². The molecule has 4 nitrogen and oxygen atoms in total. The highest BCUT2D eigenvalue weighted by Crippen LogP contribution is 2.27. The van der Waals surface area contributed by atoms with Crippen LogP contribution in [0.25, 0.3) is 11.5 Å². The highest BCUT2D eigenvalue weighted by molar-refractivity contribution is 6.17. The van der Waals surface area contributed by atoms with Crippen LogP contribution in [0.5, 0.6) is 0 Å². The van der Waals surface area contributed by atoms with Gasteiger partial charge in [-0.3, -0.25) is 4.68 Å². The summed E-state index contributed by atoms with van der Waals surface area (Å²) in [5, 5.41) is 4.26. The number of hydrogen-bond donors (Lipinski definition) is 0. The molecule has 0 bridgehead atoms. The van der Waals surface area contributed by atoms with Crippen LogP contribution in [0.4, 0.5) is 0 Å². The Morgan fingerprint density at radius 2 is 2.25 bits per heavy atom. The van der Waals surface area contributed by atoms with Crippen LogP contribution < -0.4 is 0 Å². The number of oxazole rings is 1. The molecule has 2 rings (SSSR count). The second-order valence-corrected chi connectivity index (χ2v) is 4.16. The maximum atomic E-state index is 5.84. The van der Waals surface area contributed by atoms with Crippen LogP contribution in [0.15, 0.2) is 16.7 Å². The Morgan fingerprint density at radius 3 is 2.88 bits per heavy atom. The van der Waals surface area contributed by atoms with E-state index in [-0.39, 0.29) is 6.04 Å². The molecule has 0 unspecified atom stereocenters. The minimum Gasteiger partial charge on any atom is -0.439 e. The van der Waals surface area contributed by atoms with Crippen molar-refractivity contribution >= 4 is 11.6 Å². The molecule has 0 saturated heterocycles. The molecule has 86 valence electrons. The van der Waals surface area contributed by atoms with Gasteiger partial charge in [-0.05, 0) is 19.9 Å². The van der Waals surface area contributed by atoms with Gasteiger partial charge in [0, 0.05) is 19.2 Å². The molecule has 0 spiro atoms. The van der Waals surface area contributed by atoms with Gasteiger partial charge in [0.2, 0.25) is 0 Å². The molecule has 0 aliphatic heterocycles. The third kappa shape index (κ3) is 1.85. The van der Waals surface area contributed by atoms with Gasteiger partial charge < -0.3 is 4.42 Å². The monoisotopic (exact) mass is 239 g/mol. The van der Waals surface area contributed by atoms with Crippen molar-refractivity contribution in [2.24, 2.45) is 0 Å². The molecule has 0 atom stereocenters. The zero-order valence-corrected chi connectivity index (χ0v) is 10.3. The highest BCUT2D eigenvalue weighted by atomic mass is 35.5. The molecule has 0 radical (unpaired) electrons. The quantitative estimate of drug-likeness (QED) is 0.773. The molecule has 0 saturated carbocycles. The zero-order valence-electron chi connectivity index (χ0n) is 9.57. The van der Waals surface area contributed by atoms with E-state index in [1.807, 2.05) is 17.7 Å². The summed E-state index contributed by atoms with van der Waals surface area (Å²) in [6.45, 7) is 5.95. The Morgan fingerprint density at radius 1 is 1.50 bits per heavy atom. The second-order valence-electron chi connectivity index (χ2n) is 3.90. The van der Waals surface area contributed by atoms with Crippen LogP contribution in [-0.4, -0.2) is 14.8 Å². The molecule has 2 heterocycles. The Kier molecular flexibility index (Phi) is 3.01. The maximum Gasteiger partial charge on any atom is 0.192 e. The third-order valence-electron chi connectivity index (χ3n) is 2.32. The lowest BCUT2D eigenvalue weighted by Gasteiger charge is -2.09. The van der Waals surface area contributed by atoms with Crippen molar-refractivity contribution in [3.63, 3.8) is 0 Å². The van der Waals surface area contributed by atoms with Gasteiger partial charge in [-0.1, -0.05) is 0 Å². The molecule has 0 aliphatic rings. The van der Waals surface area contributed by atoms with Crippen LogP contribution >= 0.6 is 11.6 Å². The van der Waals surface area contributed by atoms with E-state index in [2.05, 4.69) is 23.9 Å². The van der Waals surface area contributed by atoms with Crippen molar-refractivity contribution in [3.05, 3.63) is 23.8 Å². The van der Waals surface area contributed by atoms with E-state index in [1.54, 1.807) is 6.20 Å². The molecule has 0 amide bonds. The summed E-state index contributed by atoms with van der Waals surface area (Å²) in [6.07, 6.45) is 1.76. The summed E-state index contributed by atoms with van der Waals surface area (Å²) < 4.78 is 7.48. The fourth-order valence-corrected chi connectivity index (χ4v) is 1.85. The van der Waals surface area contributed by atoms with Gasteiger partial charge in [-0.15, -0.1) is 11.6 Å². The fraction of sp³-hybridized carbons (Fsp3) is 0.455. The van der Waals surface area contributed by atoms with Crippen molar-refractivity contribution in [2.75, 3.05) is 0 Å². The van der Waals surface area contributed by atoms with Gasteiger partial charge in [0.1, 0.15) is 11.4 Å². The maximum absolute atomic E-state index is 5.84. The topological polar surface area (TPSA) is 43.9 Å². The van der Waals surface area contributed by atoms with Crippen LogP contribution in [0.2, 0.25) is 0 Å². The van der Waals surface area contributed by atoms with Crippen molar-refractivity contribution in [2.45, 2.75) is 32.7 Å². The smallest absolute Gasteiger partial charge is 0.192 e. The van der Waals surface area contributed by atoms with Gasteiger partial charge in [0.15, 0.2) is 11.7 Å². The molecule has 2 aromatic heterocycles. The SMILES string of the molecule is Cc1nc(CCl)c(-c2ccnn2C(C)C)o1. The summed E-state index contributed by atoms with van der Waals surface area (Å²) in [6, 6.07) is 2.19. The predicted octanol–water partition coefficient (Wildman–Crippen LogP) is 3.17. The van der Waals surface area contributed by atoms with Crippen LogP contribution in [0, 0.1) is 6.92 Å². The average molecular weight is 240 g/mol. The molecule has 16 heavy (non-hydrogen) atoms. The zero-order chi connectivity index (χ0) is 11.7. The Balaban J connectivity index is 2.53. The van der Waals surface area contributed by atoms with E-state index in [0.717, 1.165) is 17.1 Å². The van der Waals surface area contributed by atoms with Crippen molar-refractivity contribution in [1.82, 2.24) is 14.8 Å².